The summed E-state index contributed by atoms with van der Waals surface area (Å²) in [5, 5.41) is 3.53. The Kier molecular flexibility index (Phi) is 1.63. The number of amides is 2. The highest BCUT2D eigenvalue weighted by atomic mass is 32.1. The van der Waals surface area contributed by atoms with Crippen molar-refractivity contribution in [2.75, 3.05) is 13.7 Å². The van der Waals surface area contributed by atoms with Crippen molar-refractivity contribution in [2.45, 2.75) is 0 Å². The number of carbonyl (C=O) groups is 1. The van der Waals surface area contributed by atoms with Gasteiger partial charge in [0, 0.05) is 7.05 Å². The van der Waals surface area contributed by atoms with Gasteiger partial charge in [-0.1, -0.05) is 12.2 Å². The lowest BCUT2D eigenvalue weighted by molar-refractivity contribution is -0.0861. The van der Waals surface area contributed by atoms with Crippen LogP contribution in [0.4, 0.5) is 4.79 Å². The minimum atomic E-state index is -0.314. The Morgan fingerprint density at radius 3 is 3.00 bits per heavy atom. The molecule has 0 aromatic heterocycles. The van der Waals surface area contributed by atoms with Gasteiger partial charge in [0.25, 0.3) is 0 Å². The maximum Gasteiger partial charge on any atom is 0.345 e. The number of nitrogens with one attached hydrogen (secondary N) is 1. The van der Waals surface area contributed by atoms with Crippen LogP contribution >= 0.6 is 12.2 Å². The maximum atomic E-state index is 10.6. The summed E-state index contributed by atoms with van der Waals surface area (Å²) in [6.07, 6.45) is 0. The number of urea groups is 1. The Hall–Kier alpha value is -0.680. The molecule has 1 saturated heterocycles. The van der Waals surface area contributed by atoms with Crippen molar-refractivity contribution >= 4 is 23.2 Å². The molecule has 0 aromatic rings. The summed E-state index contributed by atoms with van der Waals surface area (Å²) >= 11 is 4.65. The van der Waals surface area contributed by atoms with Gasteiger partial charge in [0.15, 0.2) is 0 Å². The molecule has 1 aliphatic rings. The molecule has 1 rings (SSSR count). The van der Waals surface area contributed by atoms with Crippen molar-refractivity contribution in [1.82, 2.24) is 10.4 Å². The highest BCUT2D eigenvalue weighted by molar-refractivity contribution is 7.80. The molecule has 1 aliphatic heterocycles. The Labute approximate surface area is 57.7 Å². The Morgan fingerprint density at radius 1 is 1.89 bits per heavy atom. The van der Waals surface area contributed by atoms with Crippen LogP contribution in [0.3, 0.4) is 0 Å². The van der Waals surface area contributed by atoms with Crippen LogP contribution in [0.1, 0.15) is 0 Å². The second-order valence-electron chi connectivity index (χ2n) is 1.62. The fraction of sp³-hybridized carbons (Fsp3) is 0.500. The second kappa shape index (κ2) is 2.28. The summed E-state index contributed by atoms with van der Waals surface area (Å²) in [5.41, 5.74) is 0. The molecule has 1 N–H and O–H groups in total. The van der Waals surface area contributed by atoms with Gasteiger partial charge in [0.05, 0.1) is 0 Å². The highest BCUT2D eigenvalue weighted by Gasteiger charge is 2.16. The lowest BCUT2D eigenvalue weighted by Crippen LogP contribution is -2.47. The van der Waals surface area contributed by atoms with Crippen molar-refractivity contribution in [1.29, 1.82) is 0 Å². The number of nitrogens with zero attached hydrogens (tertiary/aromatic N) is 1. The fourth-order valence-corrected chi connectivity index (χ4v) is 0.588. The van der Waals surface area contributed by atoms with E-state index in [0.717, 1.165) is 5.06 Å². The summed E-state index contributed by atoms with van der Waals surface area (Å²) in [5.74, 6) is 0. The van der Waals surface area contributed by atoms with Crippen molar-refractivity contribution in [3.63, 3.8) is 0 Å². The predicted molar refractivity (Wildman–Crippen MR) is 34.8 cm³/mol. The molecule has 0 unspecified atom stereocenters. The first-order chi connectivity index (χ1) is 4.20. The first kappa shape index (κ1) is 6.44. The van der Waals surface area contributed by atoms with E-state index in [1.54, 1.807) is 0 Å². The molecule has 1 heterocycles. The molecular weight excluding hydrogens is 140 g/mol. The molecule has 0 spiro atoms. The summed E-state index contributed by atoms with van der Waals surface area (Å²) in [6.45, 7) is 0.289. The van der Waals surface area contributed by atoms with E-state index in [1.165, 1.54) is 7.05 Å². The van der Waals surface area contributed by atoms with Gasteiger partial charge in [0.1, 0.15) is 11.6 Å². The van der Waals surface area contributed by atoms with E-state index in [-0.39, 0.29) is 12.6 Å². The number of rotatable bonds is 0. The molecule has 0 radical (unpaired) electrons. The third kappa shape index (κ3) is 1.36. The summed E-state index contributed by atoms with van der Waals surface area (Å²) < 4.78 is 0. The quantitative estimate of drug-likeness (QED) is 0.485. The van der Waals surface area contributed by atoms with Crippen molar-refractivity contribution in [3.05, 3.63) is 0 Å². The number of hydroxylamine groups is 2. The number of thiocarbonyl (C=S) groups is 1. The zero-order valence-electron chi connectivity index (χ0n) is 4.88. The normalized spacial score (nSPS) is 19.9. The van der Waals surface area contributed by atoms with Crippen LogP contribution in [0.25, 0.3) is 0 Å². The van der Waals surface area contributed by atoms with E-state index in [0.29, 0.717) is 4.99 Å². The number of carbonyl (C=O) groups excluding carboxylic acids is 1. The average molecular weight is 146 g/mol. The number of hydrogen-bond donors (Lipinski definition) is 1. The average Bonchev–Trinajstić information content (AvgIpc) is 1.80. The standard InChI is InChI=1S/C4H6N2O2S/c1-6-4(7)5-3(9)2-8-6/h2H2,1H3,(H,5,7,9). The third-order valence-electron chi connectivity index (χ3n) is 0.922. The zero-order chi connectivity index (χ0) is 6.85. The van der Waals surface area contributed by atoms with E-state index in [9.17, 15) is 4.79 Å². The summed E-state index contributed by atoms with van der Waals surface area (Å²) in [4.78, 5) is 15.8. The fourth-order valence-electron chi connectivity index (χ4n) is 0.448. The van der Waals surface area contributed by atoms with E-state index in [1.807, 2.05) is 0 Å². The Bertz CT molecular complexity index is 159. The maximum absolute atomic E-state index is 10.6. The first-order valence-corrected chi connectivity index (χ1v) is 2.81. The van der Waals surface area contributed by atoms with Gasteiger partial charge in [-0.2, -0.15) is 0 Å². The van der Waals surface area contributed by atoms with Gasteiger partial charge in [-0.05, 0) is 0 Å². The van der Waals surface area contributed by atoms with Crippen LogP contribution in [-0.4, -0.2) is 29.7 Å². The lowest BCUT2D eigenvalue weighted by Gasteiger charge is -2.22. The van der Waals surface area contributed by atoms with E-state index < -0.39 is 0 Å². The molecule has 0 atom stereocenters. The smallest absolute Gasteiger partial charge is 0.298 e. The number of hydrogen-bond acceptors (Lipinski definition) is 3. The molecule has 0 saturated carbocycles. The van der Waals surface area contributed by atoms with Crippen molar-refractivity contribution in [3.8, 4) is 0 Å². The van der Waals surface area contributed by atoms with Crippen LogP contribution in [0.15, 0.2) is 0 Å². The van der Waals surface area contributed by atoms with Crippen LogP contribution in [-0.2, 0) is 4.84 Å². The SMILES string of the molecule is CN1OCC(=S)NC1=O. The third-order valence-corrected chi connectivity index (χ3v) is 1.14. The van der Waals surface area contributed by atoms with E-state index in [2.05, 4.69) is 17.5 Å². The van der Waals surface area contributed by atoms with E-state index in [4.69, 9.17) is 4.84 Å². The molecule has 0 aliphatic carbocycles. The monoisotopic (exact) mass is 146 g/mol. The van der Waals surface area contributed by atoms with Crippen LogP contribution < -0.4 is 5.32 Å². The second-order valence-corrected chi connectivity index (χ2v) is 2.12. The van der Waals surface area contributed by atoms with E-state index >= 15 is 0 Å². The lowest BCUT2D eigenvalue weighted by atomic mass is 10.6. The molecule has 0 aromatic carbocycles. The Balaban J connectivity index is 2.54. The van der Waals surface area contributed by atoms with Gasteiger partial charge in [0.2, 0.25) is 0 Å². The van der Waals surface area contributed by atoms with Crippen LogP contribution in [0, 0.1) is 0 Å². The van der Waals surface area contributed by atoms with Crippen LogP contribution in [0.5, 0.6) is 0 Å². The van der Waals surface area contributed by atoms with Gasteiger partial charge in [-0.15, -0.1) is 0 Å². The van der Waals surface area contributed by atoms with Gasteiger partial charge >= 0.3 is 6.03 Å². The topological polar surface area (TPSA) is 41.6 Å². The zero-order valence-corrected chi connectivity index (χ0v) is 5.70. The molecule has 2 amide bonds. The molecular formula is C4H6N2O2S. The summed E-state index contributed by atoms with van der Waals surface area (Å²) in [7, 11) is 1.52. The van der Waals surface area contributed by atoms with Crippen LogP contribution in [0.2, 0.25) is 0 Å². The molecule has 4 nitrogen and oxygen atoms in total. The molecule has 5 heteroatoms. The van der Waals surface area contributed by atoms with Gasteiger partial charge < -0.3 is 0 Å². The molecule has 50 valence electrons. The highest BCUT2D eigenvalue weighted by Crippen LogP contribution is 1.93. The van der Waals surface area contributed by atoms with Gasteiger partial charge in [-0.3, -0.25) is 10.2 Å². The largest absolute Gasteiger partial charge is 0.345 e. The molecule has 1 fully saturated rings. The van der Waals surface area contributed by atoms with Crippen molar-refractivity contribution in [2.24, 2.45) is 0 Å². The predicted octanol–water partition coefficient (Wildman–Crippen LogP) is -0.0996. The van der Waals surface area contributed by atoms with Crippen molar-refractivity contribution < 1.29 is 9.63 Å². The molecule has 9 heavy (non-hydrogen) atoms. The first-order valence-electron chi connectivity index (χ1n) is 2.40. The minimum absolute atomic E-state index is 0.289. The Morgan fingerprint density at radius 2 is 2.56 bits per heavy atom. The van der Waals surface area contributed by atoms with Gasteiger partial charge in [-0.25, -0.2) is 9.86 Å². The molecule has 0 bridgehead atoms. The summed E-state index contributed by atoms with van der Waals surface area (Å²) in [6, 6.07) is -0.314. The minimum Gasteiger partial charge on any atom is -0.298 e.